The first kappa shape index (κ1) is 31.7. The SMILES string of the molecule is CCOc1ccc(S(=O)(=O)N(CC(=O)N(Cc2ccccc2C)C(CC)C(=O)NC(C)CC)c2ccccc2)cc1. The van der Waals surface area contributed by atoms with Crippen LogP contribution in [-0.2, 0) is 26.2 Å². The minimum absolute atomic E-state index is 0.0321. The van der Waals surface area contributed by atoms with Crippen LogP contribution < -0.4 is 14.4 Å². The number of anilines is 1. The van der Waals surface area contributed by atoms with Gasteiger partial charge in [0.05, 0.1) is 17.2 Å². The van der Waals surface area contributed by atoms with Crippen LogP contribution in [0.25, 0.3) is 0 Å². The summed E-state index contributed by atoms with van der Waals surface area (Å²) in [7, 11) is -4.14. The Morgan fingerprint density at radius 2 is 1.51 bits per heavy atom. The largest absolute Gasteiger partial charge is 0.494 e. The molecule has 0 heterocycles. The van der Waals surface area contributed by atoms with Gasteiger partial charge < -0.3 is 15.0 Å². The highest BCUT2D eigenvalue weighted by molar-refractivity contribution is 7.92. The monoisotopic (exact) mass is 579 g/mol. The van der Waals surface area contributed by atoms with Crippen molar-refractivity contribution in [1.82, 2.24) is 10.2 Å². The number of nitrogens with one attached hydrogen (secondary N) is 1. The maximum atomic E-state index is 14.1. The third-order valence-corrected chi connectivity index (χ3v) is 8.82. The van der Waals surface area contributed by atoms with Crippen molar-refractivity contribution in [2.24, 2.45) is 0 Å². The number of benzene rings is 3. The van der Waals surface area contributed by atoms with E-state index in [1.54, 1.807) is 42.5 Å². The Morgan fingerprint density at radius 3 is 2.10 bits per heavy atom. The number of nitrogens with zero attached hydrogens (tertiary/aromatic N) is 2. The fraction of sp³-hybridized carbons (Fsp3) is 0.375. The summed E-state index contributed by atoms with van der Waals surface area (Å²) in [6.07, 6.45) is 1.12. The second-order valence-electron chi connectivity index (χ2n) is 9.94. The lowest BCUT2D eigenvalue weighted by Crippen LogP contribution is -2.53. The lowest BCUT2D eigenvalue weighted by molar-refractivity contribution is -0.140. The van der Waals surface area contributed by atoms with Crippen molar-refractivity contribution in [3.8, 4) is 5.75 Å². The number of aryl methyl sites for hydroxylation is 1. The van der Waals surface area contributed by atoms with E-state index in [-0.39, 0.29) is 23.4 Å². The minimum atomic E-state index is -4.14. The number of para-hydroxylation sites is 1. The molecular weight excluding hydrogens is 538 g/mol. The molecule has 0 spiro atoms. The van der Waals surface area contributed by atoms with Crippen LogP contribution in [0.1, 0.15) is 51.7 Å². The van der Waals surface area contributed by atoms with Gasteiger partial charge in [-0.2, -0.15) is 0 Å². The van der Waals surface area contributed by atoms with E-state index in [2.05, 4.69) is 5.32 Å². The minimum Gasteiger partial charge on any atom is -0.494 e. The van der Waals surface area contributed by atoms with Gasteiger partial charge >= 0.3 is 0 Å². The van der Waals surface area contributed by atoms with Crippen LogP contribution in [0, 0.1) is 6.92 Å². The van der Waals surface area contributed by atoms with Gasteiger partial charge in [-0.1, -0.05) is 56.3 Å². The Hall–Kier alpha value is -3.85. The van der Waals surface area contributed by atoms with Crippen LogP contribution in [0.3, 0.4) is 0 Å². The number of rotatable bonds is 14. The maximum Gasteiger partial charge on any atom is 0.264 e. The fourth-order valence-corrected chi connectivity index (χ4v) is 5.87. The Labute approximate surface area is 244 Å². The Kier molecular flexibility index (Phi) is 11.3. The molecule has 9 heteroatoms. The molecule has 0 bridgehead atoms. The first-order chi connectivity index (χ1) is 19.6. The lowest BCUT2D eigenvalue weighted by Gasteiger charge is -2.34. The highest BCUT2D eigenvalue weighted by Crippen LogP contribution is 2.26. The van der Waals surface area contributed by atoms with Crippen LogP contribution in [0.15, 0.2) is 83.8 Å². The topological polar surface area (TPSA) is 96.0 Å². The summed E-state index contributed by atoms with van der Waals surface area (Å²) in [6.45, 7) is 9.70. The van der Waals surface area contributed by atoms with Crippen LogP contribution >= 0.6 is 0 Å². The Morgan fingerprint density at radius 1 is 0.878 bits per heavy atom. The standard InChI is InChI=1S/C32H41N3O5S/c1-6-25(5)33-32(37)30(7-2)34(22-26-15-13-12-14-24(26)4)31(36)23-35(27-16-10-9-11-17-27)41(38,39)29-20-18-28(19-21-29)40-8-3/h9-21,25,30H,6-8,22-23H2,1-5H3,(H,33,37). The molecule has 0 aliphatic rings. The number of carbonyl (C=O) groups excluding carboxylic acids is 2. The number of carbonyl (C=O) groups is 2. The van der Waals surface area contributed by atoms with Gasteiger partial charge in [0.1, 0.15) is 18.3 Å². The summed E-state index contributed by atoms with van der Waals surface area (Å²) in [4.78, 5) is 29.1. The highest BCUT2D eigenvalue weighted by Gasteiger charge is 2.34. The zero-order valence-corrected chi connectivity index (χ0v) is 25.4. The van der Waals surface area contributed by atoms with Gasteiger partial charge in [0, 0.05) is 12.6 Å². The van der Waals surface area contributed by atoms with E-state index in [0.717, 1.165) is 21.9 Å². The van der Waals surface area contributed by atoms with Crippen molar-refractivity contribution < 1.29 is 22.7 Å². The molecule has 0 saturated heterocycles. The van der Waals surface area contributed by atoms with Gasteiger partial charge in [0.25, 0.3) is 10.0 Å². The molecule has 0 aromatic heterocycles. The molecule has 0 saturated carbocycles. The molecule has 2 unspecified atom stereocenters. The summed E-state index contributed by atoms with van der Waals surface area (Å²) in [5, 5.41) is 3.00. The summed E-state index contributed by atoms with van der Waals surface area (Å²) < 4.78 is 34.5. The number of ether oxygens (including phenoxy) is 1. The zero-order valence-electron chi connectivity index (χ0n) is 24.5. The smallest absolute Gasteiger partial charge is 0.264 e. The van der Waals surface area contributed by atoms with Crippen molar-refractivity contribution in [2.75, 3.05) is 17.5 Å². The lowest BCUT2D eigenvalue weighted by atomic mass is 10.1. The van der Waals surface area contributed by atoms with E-state index in [4.69, 9.17) is 4.74 Å². The van der Waals surface area contributed by atoms with Crippen LogP contribution in [0.2, 0.25) is 0 Å². The van der Waals surface area contributed by atoms with Gasteiger partial charge in [-0.3, -0.25) is 13.9 Å². The van der Waals surface area contributed by atoms with Gasteiger partial charge in [-0.25, -0.2) is 8.42 Å². The van der Waals surface area contributed by atoms with Gasteiger partial charge in [0.15, 0.2) is 0 Å². The van der Waals surface area contributed by atoms with Gasteiger partial charge in [-0.15, -0.1) is 0 Å². The molecule has 220 valence electrons. The number of hydrogen-bond donors (Lipinski definition) is 1. The van der Waals surface area contributed by atoms with E-state index >= 15 is 0 Å². The summed E-state index contributed by atoms with van der Waals surface area (Å²) >= 11 is 0. The average Bonchev–Trinajstić information content (AvgIpc) is 2.97. The molecule has 0 radical (unpaired) electrons. The second-order valence-corrected chi connectivity index (χ2v) is 11.8. The van der Waals surface area contributed by atoms with Crippen LogP contribution in [0.4, 0.5) is 5.69 Å². The predicted octanol–water partition coefficient (Wildman–Crippen LogP) is 5.31. The molecule has 2 atom stereocenters. The van der Waals surface area contributed by atoms with E-state index < -0.39 is 28.5 Å². The van der Waals surface area contributed by atoms with E-state index in [0.29, 0.717) is 24.5 Å². The summed E-state index contributed by atoms with van der Waals surface area (Å²) in [6, 6.07) is 21.5. The van der Waals surface area contributed by atoms with Crippen molar-refractivity contribution in [1.29, 1.82) is 0 Å². The second kappa shape index (κ2) is 14.7. The fourth-order valence-electron chi connectivity index (χ4n) is 4.46. The van der Waals surface area contributed by atoms with Crippen molar-refractivity contribution >= 4 is 27.5 Å². The number of hydrogen-bond acceptors (Lipinski definition) is 5. The van der Waals surface area contributed by atoms with E-state index in [9.17, 15) is 18.0 Å². The maximum absolute atomic E-state index is 14.1. The third kappa shape index (κ3) is 8.10. The van der Waals surface area contributed by atoms with Gasteiger partial charge in [-0.05, 0) is 81.1 Å². The number of sulfonamides is 1. The molecule has 0 aliphatic carbocycles. The molecule has 8 nitrogen and oxygen atoms in total. The Bertz CT molecular complexity index is 1390. The average molecular weight is 580 g/mol. The molecule has 0 aliphatic heterocycles. The molecule has 2 amide bonds. The van der Waals surface area contributed by atoms with E-state index in [1.165, 1.54) is 17.0 Å². The first-order valence-corrected chi connectivity index (χ1v) is 15.5. The molecule has 0 fully saturated rings. The normalized spacial score (nSPS) is 12.7. The van der Waals surface area contributed by atoms with Gasteiger partial charge in [0.2, 0.25) is 11.8 Å². The van der Waals surface area contributed by atoms with Crippen molar-refractivity contribution in [3.05, 3.63) is 90.0 Å². The third-order valence-electron chi connectivity index (χ3n) is 7.03. The Balaban J connectivity index is 2.03. The molecule has 1 N–H and O–H groups in total. The number of amides is 2. The first-order valence-electron chi connectivity index (χ1n) is 14.1. The van der Waals surface area contributed by atoms with E-state index in [1.807, 2.05) is 58.9 Å². The predicted molar refractivity (Wildman–Crippen MR) is 162 cm³/mol. The highest BCUT2D eigenvalue weighted by atomic mass is 32.2. The quantitative estimate of drug-likeness (QED) is 0.279. The molecule has 3 rings (SSSR count). The van der Waals surface area contributed by atoms with Crippen LogP contribution in [0.5, 0.6) is 5.75 Å². The summed E-state index contributed by atoms with van der Waals surface area (Å²) in [5.74, 6) is -0.182. The van der Waals surface area contributed by atoms with Crippen LogP contribution in [-0.4, -0.2) is 50.4 Å². The molecule has 3 aromatic carbocycles. The molecule has 41 heavy (non-hydrogen) atoms. The molecule has 3 aromatic rings. The summed E-state index contributed by atoms with van der Waals surface area (Å²) in [5.41, 5.74) is 2.21. The van der Waals surface area contributed by atoms with Crippen molar-refractivity contribution in [2.45, 2.75) is 71.0 Å². The molecular formula is C32H41N3O5S. The van der Waals surface area contributed by atoms with Crippen molar-refractivity contribution in [3.63, 3.8) is 0 Å². The zero-order chi connectivity index (χ0) is 30.0.